The van der Waals surface area contributed by atoms with Crippen molar-refractivity contribution in [3.05, 3.63) is 42.7 Å². The average Bonchev–Trinajstić information content (AvgIpc) is 2.20. The van der Waals surface area contributed by atoms with Crippen LogP contribution in [-0.2, 0) is 0 Å². The van der Waals surface area contributed by atoms with Crippen molar-refractivity contribution in [2.24, 2.45) is 0 Å². The Morgan fingerprint density at radius 3 is 2.31 bits per heavy atom. The Morgan fingerprint density at radius 2 is 1.69 bits per heavy atom. The highest BCUT2D eigenvalue weighted by atomic mass is 16.3. The van der Waals surface area contributed by atoms with Crippen LogP contribution in [0.3, 0.4) is 0 Å². The second kappa shape index (κ2) is 3.23. The van der Waals surface area contributed by atoms with E-state index < -0.39 is 0 Å². The van der Waals surface area contributed by atoms with Gasteiger partial charge in [-0.05, 0) is 6.07 Å². The molecule has 1 radical (unpaired) electrons. The number of hydrogen-bond donors (Lipinski definition) is 1. The third kappa shape index (κ3) is 1.64. The number of aromatic nitrogens is 2. The van der Waals surface area contributed by atoms with E-state index in [4.69, 9.17) is 5.11 Å². The molecule has 1 aromatic heterocycles. The lowest BCUT2D eigenvalue weighted by molar-refractivity contribution is 0.470. The highest BCUT2D eigenvalue weighted by molar-refractivity contribution is 5.53. The Kier molecular flexibility index (Phi) is 1.92. The Hall–Kier alpha value is -1.90. The number of rotatable bonds is 1. The van der Waals surface area contributed by atoms with Crippen LogP contribution >= 0.6 is 0 Å². The first kappa shape index (κ1) is 7.73. The second-order valence-electron chi connectivity index (χ2n) is 2.55. The maximum Gasteiger partial charge on any atom is 0.159 e. The maximum atomic E-state index is 8.97. The Labute approximate surface area is 75.7 Å². The Balaban J connectivity index is 2.42. The molecule has 0 saturated heterocycles. The second-order valence-corrected chi connectivity index (χ2v) is 2.55. The van der Waals surface area contributed by atoms with Gasteiger partial charge < -0.3 is 5.11 Å². The lowest BCUT2D eigenvalue weighted by Crippen LogP contribution is -1.86. The molecule has 3 heteroatoms. The van der Waals surface area contributed by atoms with Gasteiger partial charge in [0.2, 0.25) is 0 Å². The summed E-state index contributed by atoms with van der Waals surface area (Å²) in [5, 5.41) is 8.97. The molecule has 3 nitrogen and oxygen atoms in total. The number of hydrogen-bond acceptors (Lipinski definition) is 3. The fourth-order valence-electron chi connectivity index (χ4n) is 1.01. The van der Waals surface area contributed by atoms with E-state index in [1.165, 1.54) is 12.4 Å². The van der Waals surface area contributed by atoms with Gasteiger partial charge in [0.25, 0.3) is 0 Å². The minimum Gasteiger partial charge on any atom is -0.505 e. The van der Waals surface area contributed by atoms with E-state index in [2.05, 4.69) is 16.0 Å². The smallest absolute Gasteiger partial charge is 0.159 e. The van der Waals surface area contributed by atoms with Gasteiger partial charge in [0, 0.05) is 5.56 Å². The van der Waals surface area contributed by atoms with Crippen LogP contribution < -0.4 is 0 Å². The molecule has 0 spiro atoms. The molecule has 1 N–H and O–H groups in total. The number of nitrogens with zero attached hydrogens (tertiary/aromatic N) is 2. The third-order valence-corrected chi connectivity index (χ3v) is 1.61. The van der Waals surface area contributed by atoms with Gasteiger partial charge in [0.1, 0.15) is 0 Å². The molecule has 0 aliphatic heterocycles. The zero-order valence-electron chi connectivity index (χ0n) is 6.81. The van der Waals surface area contributed by atoms with Crippen LogP contribution in [0.15, 0.2) is 36.7 Å². The van der Waals surface area contributed by atoms with E-state index in [9.17, 15) is 0 Å². The monoisotopic (exact) mass is 171 g/mol. The summed E-state index contributed by atoms with van der Waals surface area (Å²) in [4.78, 5) is 7.95. The Morgan fingerprint density at radius 1 is 1.08 bits per heavy atom. The molecule has 0 unspecified atom stereocenters. The minimum atomic E-state index is 0.0752. The topological polar surface area (TPSA) is 46.0 Å². The first-order valence-electron chi connectivity index (χ1n) is 3.84. The molecule has 63 valence electrons. The molecule has 2 rings (SSSR count). The lowest BCUT2D eigenvalue weighted by atomic mass is 10.2. The van der Waals surface area contributed by atoms with Crippen LogP contribution in [0.5, 0.6) is 5.75 Å². The van der Waals surface area contributed by atoms with Crippen molar-refractivity contribution < 1.29 is 5.11 Å². The van der Waals surface area contributed by atoms with E-state index in [0.29, 0.717) is 5.82 Å². The molecule has 1 aromatic carbocycles. The van der Waals surface area contributed by atoms with Gasteiger partial charge in [-0.3, -0.25) is 0 Å². The summed E-state index contributed by atoms with van der Waals surface area (Å²) in [5.74, 6) is 0.679. The summed E-state index contributed by atoms with van der Waals surface area (Å²) in [6, 6.07) is 10.2. The summed E-state index contributed by atoms with van der Waals surface area (Å²) in [6.45, 7) is 0. The highest BCUT2D eigenvalue weighted by Crippen LogP contribution is 2.14. The van der Waals surface area contributed by atoms with Gasteiger partial charge in [-0.15, -0.1) is 0 Å². The standard InChI is InChI=1S/C10H7N2O/c13-9-6-11-10(12-7-9)8-4-2-1-3-5-8/h2-7,13H. The first-order valence-corrected chi connectivity index (χ1v) is 3.84. The molecule has 0 fully saturated rings. The van der Waals surface area contributed by atoms with E-state index in [1.54, 1.807) is 12.1 Å². The summed E-state index contributed by atoms with van der Waals surface area (Å²) in [6.07, 6.45) is 2.75. The van der Waals surface area contributed by atoms with Gasteiger partial charge in [0.15, 0.2) is 11.6 Å². The summed E-state index contributed by atoms with van der Waals surface area (Å²) >= 11 is 0. The fourth-order valence-corrected chi connectivity index (χ4v) is 1.01. The van der Waals surface area contributed by atoms with E-state index >= 15 is 0 Å². The third-order valence-electron chi connectivity index (χ3n) is 1.61. The molecule has 0 aliphatic rings. The van der Waals surface area contributed by atoms with Crippen molar-refractivity contribution in [1.29, 1.82) is 0 Å². The summed E-state index contributed by atoms with van der Waals surface area (Å²) in [5.41, 5.74) is 0.916. The van der Waals surface area contributed by atoms with Crippen LogP contribution in [0.1, 0.15) is 0 Å². The number of aromatic hydroxyl groups is 1. The molecule has 0 atom stereocenters. The van der Waals surface area contributed by atoms with Gasteiger partial charge >= 0.3 is 0 Å². The molecule has 13 heavy (non-hydrogen) atoms. The van der Waals surface area contributed by atoms with E-state index in [-0.39, 0.29) is 5.75 Å². The fraction of sp³-hybridized carbons (Fsp3) is 0. The predicted octanol–water partition coefficient (Wildman–Crippen LogP) is 1.65. The first-order chi connectivity index (χ1) is 6.36. The molecule has 0 aliphatic carbocycles. The average molecular weight is 171 g/mol. The van der Waals surface area contributed by atoms with E-state index in [1.807, 2.05) is 12.1 Å². The predicted molar refractivity (Wildman–Crippen MR) is 48.0 cm³/mol. The molecule has 0 saturated carbocycles. The molecular weight excluding hydrogens is 164 g/mol. The van der Waals surface area contributed by atoms with Gasteiger partial charge in [0.05, 0.1) is 12.4 Å². The SMILES string of the molecule is Oc1cnc(-c2cc[c]cc2)nc1. The normalized spacial score (nSPS) is 9.85. The molecule has 1 heterocycles. The van der Waals surface area contributed by atoms with Crippen molar-refractivity contribution in [2.45, 2.75) is 0 Å². The maximum absolute atomic E-state index is 8.97. The zero-order chi connectivity index (χ0) is 9.10. The van der Waals surface area contributed by atoms with Crippen molar-refractivity contribution in [2.75, 3.05) is 0 Å². The van der Waals surface area contributed by atoms with Crippen LogP contribution in [0, 0.1) is 6.07 Å². The van der Waals surface area contributed by atoms with Crippen molar-refractivity contribution >= 4 is 0 Å². The quantitative estimate of drug-likeness (QED) is 0.709. The van der Waals surface area contributed by atoms with Crippen molar-refractivity contribution in [3.8, 4) is 17.1 Å². The van der Waals surface area contributed by atoms with E-state index in [0.717, 1.165) is 5.56 Å². The lowest BCUT2D eigenvalue weighted by Gasteiger charge is -1.97. The van der Waals surface area contributed by atoms with Crippen LogP contribution in [-0.4, -0.2) is 15.1 Å². The van der Waals surface area contributed by atoms with Crippen molar-refractivity contribution in [1.82, 2.24) is 9.97 Å². The molecule has 2 aromatic rings. The molecular formula is C10H7N2O. The van der Waals surface area contributed by atoms with Crippen LogP contribution in [0.2, 0.25) is 0 Å². The van der Waals surface area contributed by atoms with Gasteiger partial charge in [-0.2, -0.15) is 0 Å². The molecule has 0 bridgehead atoms. The minimum absolute atomic E-state index is 0.0752. The summed E-state index contributed by atoms with van der Waals surface area (Å²) < 4.78 is 0. The number of benzene rings is 1. The van der Waals surface area contributed by atoms with Crippen LogP contribution in [0.4, 0.5) is 0 Å². The summed E-state index contributed by atoms with van der Waals surface area (Å²) in [7, 11) is 0. The molecule has 0 amide bonds. The van der Waals surface area contributed by atoms with Gasteiger partial charge in [-0.25, -0.2) is 9.97 Å². The van der Waals surface area contributed by atoms with Crippen LogP contribution in [0.25, 0.3) is 11.4 Å². The van der Waals surface area contributed by atoms with Gasteiger partial charge in [-0.1, -0.05) is 24.3 Å². The zero-order valence-corrected chi connectivity index (χ0v) is 6.81. The Bertz CT molecular complexity index is 383. The van der Waals surface area contributed by atoms with Crippen molar-refractivity contribution in [3.63, 3.8) is 0 Å². The largest absolute Gasteiger partial charge is 0.505 e. The highest BCUT2D eigenvalue weighted by Gasteiger charge is 1.98.